The first-order valence-corrected chi connectivity index (χ1v) is 5.53. The van der Waals surface area contributed by atoms with E-state index in [9.17, 15) is 0 Å². The number of allylic oxidation sites excluding steroid dienone is 3. The normalized spacial score (nSPS) is 45.8. The van der Waals surface area contributed by atoms with E-state index in [1.807, 2.05) is 0 Å². The van der Waals surface area contributed by atoms with Gasteiger partial charge in [-0.25, -0.2) is 0 Å². The SMILES string of the molecule is C1=CC2CC23CCSCC3=C1. The molecule has 0 aromatic heterocycles. The van der Waals surface area contributed by atoms with E-state index in [0.717, 1.165) is 5.92 Å². The molecule has 0 aromatic carbocycles. The fraction of sp³-hybridized carbons (Fsp3) is 0.600. The van der Waals surface area contributed by atoms with Crippen LogP contribution in [0.25, 0.3) is 0 Å². The summed E-state index contributed by atoms with van der Waals surface area (Å²) in [5.74, 6) is 3.63. The van der Waals surface area contributed by atoms with Gasteiger partial charge in [-0.15, -0.1) is 0 Å². The third-order valence-corrected chi connectivity index (χ3v) is 4.37. The van der Waals surface area contributed by atoms with Crippen LogP contribution < -0.4 is 0 Å². The highest BCUT2D eigenvalue weighted by Crippen LogP contribution is 2.64. The van der Waals surface area contributed by atoms with Crippen LogP contribution in [0, 0.1) is 11.3 Å². The van der Waals surface area contributed by atoms with Gasteiger partial charge in [0.25, 0.3) is 0 Å². The van der Waals surface area contributed by atoms with Gasteiger partial charge < -0.3 is 0 Å². The Labute approximate surface area is 71.8 Å². The minimum Gasteiger partial charge on any atom is -0.157 e. The first kappa shape index (κ1) is 6.36. The van der Waals surface area contributed by atoms with Gasteiger partial charge in [-0.1, -0.05) is 23.8 Å². The summed E-state index contributed by atoms with van der Waals surface area (Å²) >= 11 is 2.10. The molecule has 2 fully saturated rings. The molecule has 0 bridgehead atoms. The maximum Gasteiger partial charge on any atom is 0.0152 e. The zero-order valence-corrected chi connectivity index (χ0v) is 7.36. The van der Waals surface area contributed by atoms with E-state index in [2.05, 4.69) is 30.0 Å². The summed E-state index contributed by atoms with van der Waals surface area (Å²) < 4.78 is 0. The van der Waals surface area contributed by atoms with Gasteiger partial charge in [0, 0.05) is 11.2 Å². The molecule has 0 amide bonds. The Kier molecular flexibility index (Phi) is 1.13. The standard InChI is InChI=1S/C10H12S/c1-2-8-6-10(8)4-5-11-7-9(10)3-1/h1-3,8H,4-7H2. The average Bonchev–Trinajstić information content (AvgIpc) is 2.75. The molecule has 3 rings (SSSR count). The zero-order valence-electron chi connectivity index (χ0n) is 6.55. The molecule has 2 unspecified atom stereocenters. The molecule has 1 heteroatoms. The first-order chi connectivity index (χ1) is 5.42. The summed E-state index contributed by atoms with van der Waals surface area (Å²) in [5.41, 5.74) is 2.43. The van der Waals surface area contributed by atoms with Crippen LogP contribution in [0.5, 0.6) is 0 Å². The van der Waals surface area contributed by atoms with Crippen LogP contribution in [-0.2, 0) is 0 Å². The van der Waals surface area contributed by atoms with Crippen LogP contribution in [0.1, 0.15) is 12.8 Å². The molecule has 3 aliphatic rings. The monoisotopic (exact) mass is 164 g/mol. The molecule has 2 aliphatic carbocycles. The third-order valence-electron chi connectivity index (χ3n) is 3.36. The van der Waals surface area contributed by atoms with E-state index in [-0.39, 0.29) is 0 Å². The lowest BCUT2D eigenvalue weighted by atomic mass is 9.88. The summed E-state index contributed by atoms with van der Waals surface area (Å²) in [7, 11) is 0. The lowest BCUT2D eigenvalue weighted by Crippen LogP contribution is -2.17. The van der Waals surface area contributed by atoms with Crippen molar-refractivity contribution in [2.24, 2.45) is 11.3 Å². The largest absolute Gasteiger partial charge is 0.157 e. The highest BCUT2D eigenvalue weighted by atomic mass is 32.2. The predicted molar refractivity (Wildman–Crippen MR) is 49.7 cm³/mol. The first-order valence-electron chi connectivity index (χ1n) is 4.37. The molecule has 1 spiro atoms. The summed E-state index contributed by atoms with van der Waals surface area (Å²) in [6.07, 6.45) is 9.92. The van der Waals surface area contributed by atoms with Gasteiger partial charge in [0.2, 0.25) is 0 Å². The van der Waals surface area contributed by atoms with Crippen molar-refractivity contribution in [1.82, 2.24) is 0 Å². The Morgan fingerprint density at radius 3 is 3.45 bits per heavy atom. The molecule has 0 N–H and O–H groups in total. The molecule has 1 aliphatic heterocycles. The van der Waals surface area contributed by atoms with E-state index in [1.54, 1.807) is 5.57 Å². The second-order valence-corrected chi connectivity index (χ2v) is 4.95. The predicted octanol–water partition coefficient (Wildman–Crippen LogP) is 2.63. The number of hydrogen-bond acceptors (Lipinski definition) is 1. The summed E-state index contributed by atoms with van der Waals surface area (Å²) in [6.45, 7) is 0. The minimum absolute atomic E-state index is 0.694. The quantitative estimate of drug-likeness (QED) is 0.530. The molecule has 0 radical (unpaired) electrons. The average molecular weight is 164 g/mol. The Balaban J connectivity index is 2.02. The molecular weight excluding hydrogens is 152 g/mol. The Hall–Kier alpha value is -0.170. The second kappa shape index (κ2) is 1.95. The number of rotatable bonds is 0. The van der Waals surface area contributed by atoms with Crippen molar-refractivity contribution >= 4 is 11.8 Å². The summed E-state index contributed by atoms with van der Waals surface area (Å²) in [5, 5.41) is 0. The maximum atomic E-state index is 2.40. The van der Waals surface area contributed by atoms with Crippen LogP contribution >= 0.6 is 11.8 Å². The topological polar surface area (TPSA) is 0 Å². The van der Waals surface area contributed by atoms with Crippen molar-refractivity contribution in [3.8, 4) is 0 Å². The molecule has 2 atom stereocenters. The Morgan fingerprint density at radius 2 is 2.55 bits per heavy atom. The number of hydrogen-bond donors (Lipinski definition) is 0. The van der Waals surface area contributed by atoms with Gasteiger partial charge in [-0.2, -0.15) is 11.8 Å². The lowest BCUT2D eigenvalue weighted by Gasteiger charge is -2.27. The van der Waals surface area contributed by atoms with Crippen LogP contribution in [0.4, 0.5) is 0 Å². The van der Waals surface area contributed by atoms with E-state index in [0.29, 0.717) is 5.41 Å². The van der Waals surface area contributed by atoms with Crippen molar-refractivity contribution in [1.29, 1.82) is 0 Å². The fourth-order valence-electron chi connectivity index (χ4n) is 2.50. The molecular formula is C10H12S. The van der Waals surface area contributed by atoms with Gasteiger partial charge >= 0.3 is 0 Å². The van der Waals surface area contributed by atoms with E-state index < -0.39 is 0 Å². The number of thioether (sulfide) groups is 1. The molecule has 58 valence electrons. The van der Waals surface area contributed by atoms with Crippen LogP contribution in [0.15, 0.2) is 23.8 Å². The van der Waals surface area contributed by atoms with Gasteiger partial charge in [-0.3, -0.25) is 0 Å². The van der Waals surface area contributed by atoms with Gasteiger partial charge in [0.15, 0.2) is 0 Å². The minimum atomic E-state index is 0.694. The molecule has 1 saturated carbocycles. The summed E-state index contributed by atoms with van der Waals surface area (Å²) in [6, 6.07) is 0. The summed E-state index contributed by atoms with van der Waals surface area (Å²) in [4.78, 5) is 0. The second-order valence-electron chi connectivity index (χ2n) is 3.85. The van der Waals surface area contributed by atoms with Crippen LogP contribution in [0.2, 0.25) is 0 Å². The Morgan fingerprint density at radius 1 is 1.55 bits per heavy atom. The highest BCUT2D eigenvalue weighted by Gasteiger charge is 2.56. The van der Waals surface area contributed by atoms with E-state index in [1.165, 1.54) is 24.3 Å². The van der Waals surface area contributed by atoms with E-state index >= 15 is 0 Å². The molecule has 0 nitrogen and oxygen atoms in total. The van der Waals surface area contributed by atoms with Crippen molar-refractivity contribution < 1.29 is 0 Å². The third kappa shape index (κ3) is 0.725. The van der Waals surface area contributed by atoms with Crippen LogP contribution in [0.3, 0.4) is 0 Å². The molecule has 1 saturated heterocycles. The van der Waals surface area contributed by atoms with Crippen LogP contribution in [-0.4, -0.2) is 11.5 Å². The highest BCUT2D eigenvalue weighted by molar-refractivity contribution is 7.99. The van der Waals surface area contributed by atoms with E-state index in [4.69, 9.17) is 0 Å². The van der Waals surface area contributed by atoms with Gasteiger partial charge in [-0.05, 0) is 24.5 Å². The zero-order chi connectivity index (χ0) is 7.31. The lowest BCUT2D eigenvalue weighted by molar-refractivity contribution is 0.544. The Bertz CT molecular complexity index is 252. The molecule has 1 heterocycles. The van der Waals surface area contributed by atoms with Crippen molar-refractivity contribution in [3.63, 3.8) is 0 Å². The van der Waals surface area contributed by atoms with Gasteiger partial charge in [0.05, 0.1) is 0 Å². The van der Waals surface area contributed by atoms with Crippen molar-refractivity contribution in [3.05, 3.63) is 23.8 Å². The molecule has 11 heavy (non-hydrogen) atoms. The van der Waals surface area contributed by atoms with Crippen molar-refractivity contribution in [2.45, 2.75) is 12.8 Å². The van der Waals surface area contributed by atoms with Gasteiger partial charge in [0.1, 0.15) is 0 Å². The van der Waals surface area contributed by atoms with Crippen molar-refractivity contribution in [2.75, 3.05) is 11.5 Å². The fourth-order valence-corrected chi connectivity index (χ4v) is 3.76. The maximum absolute atomic E-state index is 2.40. The molecule has 0 aromatic rings. The smallest absolute Gasteiger partial charge is 0.0152 e.